The molecule has 0 aliphatic rings. The molecule has 0 saturated carbocycles. The maximum absolute atomic E-state index is 11.6. The minimum atomic E-state index is -1.00. The van der Waals surface area contributed by atoms with E-state index in [1.807, 2.05) is 16.8 Å². The molecule has 0 fully saturated rings. The average molecular weight is 239 g/mol. The maximum Gasteiger partial charge on any atom is 0.323 e. The van der Waals surface area contributed by atoms with Crippen molar-refractivity contribution >= 4 is 29.3 Å². The van der Waals surface area contributed by atoms with E-state index in [4.69, 9.17) is 5.11 Å². The average Bonchev–Trinajstić information content (AvgIpc) is 2.75. The minimum Gasteiger partial charge on any atom is -0.480 e. The second-order valence-corrected chi connectivity index (χ2v) is 3.92. The van der Waals surface area contributed by atoms with Crippen molar-refractivity contribution < 1.29 is 14.7 Å². The number of carboxylic acids is 1. The molecule has 4 nitrogen and oxygen atoms in total. The van der Waals surface area contributed by atoms with Crippen LogP contribution >= 0.6 is 11.3 Å². The van der Waals surface area contributed by atoms with Crippen molar-refractivity contribution in [1.82, 2.24) is 4.90 Å². The summed E-state index contributed by atoms with van der Waals surface area (Å²) in [5, 5.41) is 12.4. The van der Waals surface area contributed by atoms with E-state index in [9.17, 15) is 9.59 Å². The molecule has 0 bridgehead atoms. The highest BCUT2D eigenvalue weighted by atomic mass is 32.1. The number of hydrogen-bond acceptors (Lipinski definition) is 3. The molecule has 1 heterocycles. The summed E-state index contributed by atoms with van der Waals surface area (Å²) < 4.78 is 0. The van der Waals surface area contributed by atoms with Crippen LogP contribution in [0, 0.1) is 0 Å². The molecule has 86 valence electrons. The second-order valence-electron chi connectivity index (χ2n) is 3.14. The first-order valence-corrected chi connectivity index (χ1v) is 5.78. The third-order valence-electron chi connectivity index (χ3n) is 1.98. The zero-order valence-electron chi connectivity index (χ0n) is 8.92. The third kappa shape index (κ3) is 3.86. The molecule has 0 unspecified atom stereocenters. The van der Waals surface area contributed by atoms with Gasteiger partial charge in [0.15, 0.2) is 0 Å². The minimum absolute atomic E-state index is 0.261. The van der Waals surface area contributed by atoms with Gasteiger partial charge in [0.25, 0.3) is 0 Å². The molecule has 1 aromatic heterocycles. The van der Waals surface area contributed by atoms with E-state index in [0.29, 0.717) is 6.54 Å². The van der Waals surface area contributed by atoms with Crippen molar-refractivity contribution in [3.63, 3.8) is 0 Å². The number of rotatable bonds is 5. The van der Waals surface area contributed by atoms with E-state index < -0.39 is 5.97 Å². The van der Waals surface area contributed by atoms with Crippen molar-refractivity contribution in [2.24, 2.45) is 0 Å². The lowest BCUT2D eigenvalue weighted by molar-refractivity contribution is -0.142. The first-order chi connectivity index (χ1) is 7.63. The molecule has 0 aliphatic heterocycles. The fraction of sp³-hybridized carbons (Fsp3) is 0.273. The largest absolute Gasteiger partial charge is 0.480 e. The second kappa shape index (κ2) is 6.07. The molecule has 0 atom stereocenters. The van der Waals surface area contributed by atoms with Gasteiger partial charge >= 0.3 is 5.97 Å². The summed E-state index contributed by atoms with van der Waals surface area (Å²) in [6.45, 7) is 1.88. The Morgan fingerprint density at radius 1 is 1.56 bits per heavy atom. The van der Waals surface area contributed by atoms with Crippen LogP contribution in [0.5, 0.6) is 0 Å². The van der Waals surface area contributed by atoms with Gasteiger partial charge in [-0.15, -0.1) is 0 Å². The van der Waals surface area contributed by atoms with E-state index >= 15 is 0 Å². The van der Waals surface area contributed by atoms with E-state index in [1.165, 1.54) is 11.0 Å². The van der Waals surface area contributed by atoms with Crippen LogP contribution in [0.3, 0.4) is 0 Å². The summed E-state index contributed by atoms with van der Waals surface area (Å²) in [6, 6.07) is 1.89. The summed E-state index contributed by atoms with van der Waals surface area (Å²) in [6.07, 6.45) is 3.08. The molecule has 1 rings (SSSR count). The Morgan fingerprint density at radius 3 is 2.81 bits per heavy atom. The molecule has 16 heavy (non-hydrogen) atoms. The Hall–Kier alpha value is -1.62. The lowest BCUT2D eigenvalue weighted by Gasteiger charge is -2.15. The number of thiophene rings is 1. The molecule has 0 saturated heterocycles. The van der Waals surface area contributed by atoms with Gasteiger partial charge < -0.3 is 10.0 Å². The normalized spacial score (nSPS) is 10.6. The summed E-state index contributed by atoms with van der Waals surface area (Å²) in [5.74, 6) is -1.28. The molecule has 1 N–H and O–H groups in total. The highest BCUT2D eigenvalue weighted by Gasteiger charge is 2.11. The van der Waals surface area contributed by atoms with Crippen LogP contribution in [0.1, 0.15) is 12.5 Å². The Kier molecular flexibility index (Phi) is 4.72. The van der Waals surface area contributed by atoms with Gasteiger partial charge in [-0.3, -0.25) is 9.59 Å². The molecule has 1 amide bonds. The Balaban J connectivity index is 2.59. The van der Waals surface area contributed by atoms with E-state index in [2.05, 4.69) is 0 Å². The van der Waals surface area contributed by atoms with Crippen molar-refractivity contribution in [2.45, 2.75) is 6.92 Å². The van der Waals surface area contributed by atoms with Crippen LogP contribution in [0.2, 0.25) is 0 Å². The molecule has 1 aromatic rings. The number of hydrogen-bond donors (Lipinski definition) is 1. The number of carbonyl (C=O) groups excluding carboxylic acids is 1. The third-order valence-corrected chi connectivity index (χ3v) is 2.68. The fourth-order valence-electron chi connectivity index (χ4n) is 1.15. The maximum atomic E-state index is 11.6. The highest BCUT2D eigenvalue weighted by molar-refractivity contribution is 7.08. The van der Waals surface area contributed by atoms with Crippen molar-refractivity contribution in [3.8, 4) is 0 Å². The molecule has 0 spiro atoms. The quantitative estimate of drug-likeness (QED) is 0.795. The molecule has 0 aliphatic carbocycles. The number of carbonyl (C=O) groups is 2. The van der Waals surface area contributed by atoms with Gasteiger partial charge in [-0.05, 0) is 35.4 Å². The topological polar surface area (TPSA) is 57.6 Å². The zero-order valence-corrected chi connectivity index (χ0v) is 9.74. The first kappa shape index (κ1) is 12.4. The van der Waals surface area contributed by atoms with Gasteiger partial charge in [0.2, 0.25) is 5.91 Å². The van der Waals surface area contributed by atoms with Gasteiger partial charge in [-0.25, -0.2) is 0 Å². The van der Waals surface area contributed by atoms with Crippen LogP contribution in [-0.4, -0.2) is 35.0 Å². The number of likely N-dealkylation sites (N-methyl/N-ethyl adjacent to an activating group) is 1. The van der Waals surface area contributed by atoms with Crippen LogP contribution in [-0.2, 0) is 9.59 Å². The van der Waals surface area contributed by atoms with Gasteiger partial charge in [-0.2, -0.15) is 11.3 Å². The Morgan fingerprint density at radius 2 is 2.31 bits per heavy atom. The van der Waals surface area contributed by atoms with Crippen LogP contribution in [0.4, 0.5) is 0 Å². The van der Waals surface area contributed by atoms with E-state index in [1.54, 1.807) is 24.3 Å². The zero-order chi connectivity index (χ0) is 12.0. The van der Waals surface area contributed by atoms with Crippen LogP contribution < -0.4 is 0 Å². The van der Waals surface area contributed by atoms with Crippen LogP contribution in [0.15, 0.2) is 22.9 Å². The van der Waals surface area contributed by atoms with E-state index in [0.717, 1.165) is 5.56 Å². The lowest BCUT2D eigenvalue weighted by atomic mass is 10.3. The molecule has 0 aromatic carbocycles. The van der Waals surface area contributed by atoms with Gasteiger partial charge in [0.05, 0.1) is 0 Å². The summed E-state index contributed by atoms with van der Waals surface area (Å²) in [7, 11) is 0. The summed E-state index contributed by atoms with van der Waals surface area (Å²) in [5.41, 5.74) is 0.949. The monoisotopic (exact) mass is 239 g/mol. The number of amides is 1. The van der Waals surface area contributed by atoms with Crippen molar-refractivity contribution in [1.29, 1.82) is 0 Å². The molecular weight excluding hydrogens is 226 g/mol. The molecule has 0 radical (unpaired) electrons. The smallest absolute Gasteiger partial charge is 0.323 e. The van der Waals surface area contributed by atoms with Gasteiger partial charge in [0.1, 0.15) is 6.54 Å². The van der Waals surface area contributed by atoms with Crippen LogP contribution in [0.25, 0.3) is 6.08 Å². The molecular formula is C11H13NO3S. The Labute approximate surface area is 97.8 Å². The van der Waals surface area contributed by atoms with Gasteiger partial charge in [-0.1, -0.05) is 0 Å². The number of aliphatic carboxylic acids is 1. The summed E-state index contributed by atoms with van der Waals surface area (Å²) >= 11 is 1.55. The van der Waals surface area contributed by atoms with E-state index in [-0.39, 0.29) is 12.5 Å². The number of carboxylic acid groups (broad SMARTS) is 1. The SMILES string of the molecule is CCN(CC(=O)O)C(=O)C=Cc1ccsc1. The predicted molar refractivity (Wildman–Crippen MR) is 63.2 cm³/mol. The summed E-state index contributed by atoms with van der Waals surface area (Å²) in [4.78, 5) is 23.3. The fourth-order valence-corrected chi connectivity index (χ4v) is 1.78. The highest BCUT2D eigenvalue weighted by Crippen LogP contribution is 2.07. The van der Waals surface area contributed by atoms with Gasteiger partial charge in [0, 0.05) is 12.6 Å². The molecule has 5 heteroatoms. The first-order valence-electron chi connectivity index (χ1n) is 4.84. The Bertz CT molecular complexity index is 384. The lowest BCUT2D eigenvalue weighted by Crippen LogP contribution is -2.34. The number of nitrogens with zero attached hydrogens (tertiary/aromatic N) is 1. The van der Waals surface area contributed by atoms with Crippen molar-refractivity contribution in [3.05, 3.63) is 28.5 Å². The van der Waals surface area contributed by atoms with Crippen molar-refractivity contribution in [2.75, 3.05) is 13.1 Å². The predicted octanol–water partition coefficient (Wildman–Crippen LogP) is 1.69. The standard InChI is InChI=1S/C11H13NO3S/c1-2-12(7-11(14)15)10(13)4-3-9-5-6-16-8-9/h3-6,8H,2,7H2,1H3,(H,14,15).